The number of hydrogen-bond donors (Lipinski definition) is 1. The second-order valence-electron chi connectivity index (χ2n) is 3.69. The van der Waals surface area contributed by atoms with Crippen molar-refractivity contribution in [2.24, 2.45) is 5.92 Å². The zero-order chi connectivity index (χ0) is 10.1. The van der Waals surface area contributed by atoms with Crippen molar-refractivity contribution in [2.45, 2.75) is 19.3 Å². The Bertz CT molecular complexity index is 374. The van der Waals surface area contributed by atoms with Gasteiger partial charge in [-0.2, -0.15) is 0 Å². The molecule has 74 valence electrons. The number of carbonyl (C=O) groups is 1. The predicted molar refractivity (Wildman–Crippen MR) is 49.6 cm³/mol. The van der Waals surface area contributed by atoms with E-state index in [-0.39, 0.29) is 11.7 Å². The van der Waals surface area contributed by atoms with Crippen LogP contribution < -0.4 is 0 Å². The van der Waals surface area contributed by atoms with Crippen molar-refractivity contribution in [3.63, 3.8) is 0 Å². The highest BCUT2D eigenvalue weighted by atomic mass is 19.1. The molecule has 1 unspecified atom stereocenters. The first-order chi connectivity index (χ1) is 6.66. The normalized spacial score (nSPS) is 20.2. The summed E-state index contributed by atoms with van der Waals surface area (Å²) in [7, 11) is 0. The molecule has 0 aliphatic heterocycles. The maximum Gasteiger partial charge on any atom is 0.306 e. The van der Waals surface area contributed by atoms with Crippen molar-refractivity contribution in [2.75, 3.05) is 0 Å². The fourth-order valence-electron chi connectivity index (χ4n) is 1.94. The van der Waals surface area contributed by atoms with Gasteiger partial charge in [-0.3, -0.25) is 4.79 Å². The van der Waals surface area contributed by atoms with Crippen molar-refractivity contribution in [3.05, 3.63) is 35.1 Å². The highest BCUT2D eigenvalue weighted by Gasteiger charge is 2.24. The lowest BCUT2D eigenvalue weighted by Crippen LogP contribution is -2.22. The Morgan fingerprint density at radius 1 is 1.43 bits per heavy atom. The first-order valence-electron chi connectivity index (χ1n) is 4.67. The molecule has 1 aromatic rings. The molecule has 1 aliphatic rings. The van der Waals surface area contributed by atoms with Crippen LogP contribution >= 0.6 is 0 Å². The molecule has 3 heteroatoms. The van der Waals surface area contributed by atoms with Crippen molar-refractivity contribution >= 4 is 5.97 Å². The summed E-state index contributed by atoms with van der Waals surface area (Å²) in [5.41, 5.74) is 1.94. The van der Waals surface area contributed by atoms with E-state index in [0.717, 1.165) is 17.5 Å². The maximum absolute atomic E-state index is 12.9. The number of carboxylic acids is 1. The first kappa shape index (κ1) is 9.19. The minimum atomic E-state index is -0.778. The lowest BCUT2D eigenvalue weighted by molar-refractivity contribution is -0.142. The minimum Gasteiger partial charge on any atom is -0.481 e. The molecule has 0 heterocycles. The average molecular weight is 194 g/mol. The number of halogens is 1. The van der Waals surface area contributed by atoms with Crippen LogP contribution in [0.15, 0.2) is 18.2 Å². The Kier molecular flexibility index (Phi) is 2.23. The molecule has 0 aromatic heterocycles. The third-order valence-corrected chi connectivity index (χ3v) is 2.75. The average Bonchev–Trinajstić information content (AvgIpc) is 2.16. The molecule has 1 N–H and O–H groups in total. The van der Waals surface area contributed by atoms with Gasteiger partial charge in [-0.05, 0) is 42.5 Å². The van der Waals surface area contributed by atoms with E-state index < -0.39 is 5.97 Å². The summed E-state index contributed by atoms with van der Waals surface area (Å²) in [4.78, 5) is 10.8. The van der Waals surface area contributed by atoms with Gasteiger partial charge < -0.3 is 5.11 Å². The molecule has 0 spiro atoms. The van der Waals surface area contributed by atoms with Gasteiger partial charge in [0, 0.05) is 0 Å². The number of carboxylic acid groups (broad SMARTS) is 1. The van der Waals surface area contributed by atoms with E-state index in [1.165, 1.54) is 12.1 Å². The summed E-state index contributed by atoms with van der Waals surface area (Å²) in [5, 5.41) is 8.84. The molecule has 2 nitrogen and oxygen atoms in total. The van der Waals surface area contributed by atoms with Crippen LogP contribution in [0, 0.1) is 11.7 Å². The first-order valence-corrected chi connectivity index (χ1v) is 4.67. The number of fused-ring (bicyclic) bond motifs is 1. The second kappa shape index (κ2) is 3.40. The summed E-state index contributed by atoms with van der Waals surface area (Å²) in [6.45, 7) is 0. The molecule has 0 amide bonds. The van der Waals surface area contributed by atoms with Crippen LogP contribution in [0.3, 0.4) is 0 Å². The quantitative estimate of drug-likeness (QED) is 0.742. The monoisotopic (exact) mass is 194 g/mol. The number of rotatable bonds is 1. The van der Waals surface area contributed by atoms with E-state index in [1.54, 1.807) is 6.07 Å². The largest absolute Gasteiger partial charge is 0.481 e. The van der Waals surface area contributed by atoms with Crippen molar-refractivity contribution in [1.29, 1.82) is 0 Å². The fourth-order valence-corrected chi connectivity index (χ4v) is 1.94. The fraction of sp³-hybridized carbons (Fsp3) is 0.364. The number of aliphatic carboxylic acids is 1. The van der Waals surface area contributed by atoms with Crippen molar-refractivity contribution in [1.82, 2.24) is 0 Å². The zero-order valence-corrected chi connectivity index (χ0v) is 7.66. The van der Waals surface area contributed by atoms with Crippen molar-refractivity contribution in [3.8, 4) is 0 Å². The lowest BCUT2D eigenvalue weighted by Gasteiger charge is -2.21. The Morgan fingerprint density at radius 2 is 2.21 bits per heavy atom. The molecule has 1 atom stereocenters. The molecule has 0 fully saturated rings. The summed E-state index contributed by atoms with van der Waals surface area (Å²) in [6, 6.07) is 4.63. The predicted octanol–water partition coefficient (Wildman–Crippen LogP) is 2.02. The van der Waals surface area contributed by atoms with E-state index in [0.29, 0.717) is 12.8 Å². The molecule has 14 heavy (non-hydrogen) atoms. The van der Waals surface area contributed by atoms with E-state index in [9.17, 15) is 9.18 Å². The van der Waals surface area contributed by atoms with E-state index in [1.807, 2.05) is 0 Å². The zero-order valence-electron chi connectivity index (χ0n) is 7.66. The smallest absolute Gasteiger partial charge is 0.306 e. The molecule has 0 saturated carbocycles. The van der Waals surface area contributed by atoms with Gasteiger partial charge >= 0.3 is 5.97 Å². The van der Waals surface area contributed by atoms with Gasteiger partial charge in [-0.25, -0.2) is 4.39 Å². The molecular weight excluding hydrogens is 183 g/mol. The molecule has 0 saturated heterocycles. The number of hydrogen-bond acceptors (Lipinski definition) is 1. The summed E-state index contributed by atoms with van der Waals surface area (Å²) < 4.78 is 12.9. The standard InChI is InChI=1S/C11H11FO2/c12-10-4-3-7-1-2-8(11(13)14)5-9(7)6-10/h3-4,6,8H,1-2,5H2,(H,13,14). The van der Waals surface area contributed by atoms with Gasteiger partial charge in [-0.15, -0.1) is 0 Å². The number of benzene rings is 1. The molecule has 0 radical (unpaired) electrons. The maximum atomic E-state index is 12.9. The van der Waals surface area contributed by atoms with Crippen LogP contribution in [0.5, 0.6) is 0 Å². The second-order valence-corrected chi connectivity index (χ2v) is 3.69. The van der Waals surface area contributed by atoms with Gasteiger partial charge in [-0.1, -0.05) is 6.07 Å². The Morgan fingerprint density at radius 3 is 2.93 bits per heavy atom. The Hall–Kier alpha value is -1.38. The minimum absolute atomic E-state index is 0.283. The molecule has 1 aliphatic carbocycles. The third-order valence-electron chi connectivity index (χ3n) is 2.75. The summed E-state index contributed by atoms with van der Waals surface area (Å²) in [5.74, 6) is -1.40. The van der Waals surface area contributed by atoms with Gasteiger partial charge in [0.15, 0.2) is 0 Å². The van der Waals surface area contributed by atoms with Crippen LogP contribution in [0.2, 0.25) is 0 Å². The summed E-state index contributed by atoms with van der Waals surface area (Å²) >= 11 is 0. The van der Waals surface area contributed by atoms with E-state index in [2.05, 4.69) is 0 Å². The topological polar surface area (TPSA) is 37.3 Å². The van der Waals surface area contributed by atoms with Crippen LogP contribution in [-0.4, -0.2) is 11.1 Å². The third kappa shape index (κ3) is 1.62. The molecule has 2 rings (SSSR count). The highest BCUT2D eigenvalue weighted by Crippen LogP contribution is 2.26. The molecular formula is C11H11FO2. The molecule has 0 bridgehead atoms. The van der Waals surface area contributed by atoms with Crippen LogP contribution in [0.25, 0.3) is 0 Å². The van der Waals surface area contributed by atoms with Gasteiger partial charge in [0.05, 0.1) is 5.92 Å². The van der Waals surface area contributed by atoms with Crippen molar-refractivity contribution < 1.29 is 14.3 Å². The SMILES string of the molecule is O=C(O)C1CCc2ccc(F)cc2C1. The van der Waals surface area contributed by atoms with Crippen LogP contribution in [0.1, 0.15) is 17.5 Å². The van der Waals surface area contributed by atoms with Crippen LogP contribution in [0.4, 0.5) is 4.39 Å². The molecule has 1 aromatic carbocycles. The highest BCUT2D eigenvalue weighted by molar-refractivity contribution is 5.71. The Balaban J connectivity index is 2.29. The van der Waals surface area contributed by atoms with Gasteiger partial charge in [0.1, 0.15) is 5.82 Å². The Labute approximate surface area is 81.4 Å². The van der Waals surface area contributed by atoms with Crippen LogP contribution in [-0.2, 0) is 17.6 Å². The van der Waals surface area contributed by atoms with E-state index >= 15 is 0 Å². The van der Waals surface area contributed by atoms with Gasteiger partial charge in [0.2, 0.25) is 0 Å². The van der Waals surface area contributed by atoms with Gasteiger partial charge in [0.25, 0.3) is 0 Å². The summed E-state index contributed by atoms with van der Waals surface area (Å²) in [6.07, 6.45) is 1.86. The lowest BCUT2D eigenvalue weighted by atomic mass is 9.84. The van der Waals surface area contributed by atoms with E-state index in [4.69, 9.17) is 5.11 Å². The number of aryl methyl sites for hydroxylation is 1.